The lowest BCUT2D eigenvalue weighted by molar-refractivity contribution is -0.141. The van der Waals surface area contributed by atoms with E-state index < -0.39 is 11.9 Å². The van der Waals surface area contributed by atoms with Crippen molar-refractivity contribution in [2.45, 2.75) is 12.7 Å². The third kappa shape index (κ3) is 4.15. The smallest absolute Gasteiger partial charge is 0.344 e. The monoisotopic (exact) mass is 335 g/mol. The number of alkyl halides is 3. The molecular weight excluding hydrogens is 327 g/mol. The average molecular weight is 336 g/mol. The summed E-state index contributed by atoms with van der Waals surface area (Å²) in [5, 5.41) is 0. The summed E-state index contributed by atoms with van der Waals surface area (Å²) in [5.41, 5.74) is -1.00. The second-order valence-corrected chi connectivity index (χ2v) is 5.70. The number of pyridine rings is 1. The van der Waals surface area contributed by atoms with Gasteiger partial charge < -0.3 is 9.69 Å². The van der Waals surface area contributed by atoms with Gasteiger partial charge in [-0.05, 0) is 12.1 Å². The van der Waals surface area contributed by atoms with E-state index >= 15 is 0 Å². The second kappa shape index (κ2) is 6.40. The molecule has 2 rings (SSSR count). The Morgan fingerprint density at radius 3 is 2.71 bits per heavy atom. The summed E-state index contributed by atoms with van der Waals surface area (Å²) < 4.78 is 38.3. The number of rotatable bonds is 5. The molecule has 2 heterocycles. The number of hydrogen-bond acceptors (Lipinski definition) is 5. The van der Waals surface area contributed by atoms with E-state index in [0.29, 0.717) is 10.8 Å². The van der Waals surface area contributed by atoms with Gasteiger partial charge in [0.15, 0.2) is 4.47 Å². The number of aldehydes is 1. The molecular formula is C12H9ClF3N3OS. The molecule has 0 N–H and O–H groups in total. The van der Waals surface area contributed by atoms with E-state index in [1.165, 1.54) is 34.6 Å². The summed E-state index contributed by atoms with van der Waals surface area (Å²) >= 11 is 6.90. The predicted octanol–water partition coefficient (Wildman–Crippen LogP) is 3.42. The van der Waals surface area contributed by atoms with Gasteiger partial charge in [-0.25, -0.2) is 9.97 Å². The van der Waals surface area contributed by atoms with Gasteiger partial charge in [-0.2, -0.15) is 13.2 Å². The number of nitrogens with zero attached hydrogens (tertiary/aromatic N) is 3. The Morgan fingerprint density at radius 1 is 1.38 bits per heavy atom. The van der Waals surface area contributed by atoms with Crippen molar-refractivity contribution in [1.29, 1.82) is 0 Å². The molecule has 2 aromatic heterocycles. The number of carbonyl (C=O) groups is 1. The van der Waals surface area contributed by atoms with Crippen molar-refractivity contribution < 1.29 is 18.0 Å². The summed E-state index contributed by atoms with van der Waals surface area (Å²) in [6.45, 7) is 0.126. The van der Waals surface area contributed by atoms with Gasteiger partial charge in [0.25, 0.3) is 0 Å². The Morgan fingerprint density at radius 2 is 2.14 bits per heavy atom. The molecule has 0 atom stereocenters. The Bertz CT molecular complexity index is 632. The van der Waals surface area contributed by atoms with Gasteiger partial charge in [-0.1, -0.05) is 17.7 Å². The molecule has 9 heteroatoms. The van der Waals surface area contributed by atoms with Crippen molar-refractivity contribution in [3.63, 3.8) is 0 Å². The topological polar surface area (TPSA) is 46.1 Å². The zero-order valence-electron chi connectivity index (χ0n) is 10.5. The van der Waals surface area contributed by atoms with E-state index in [2.05, 4.69) is 9.97 Å². The molecule has 0 spiro atoms. The molecule has 0 aromatic carbocycles. The number of anilines is 1. The average Bonchev–Trinajstić information content (AvgIpc) is 2.83. The van der Waals surface area contributed by atoms with E-state index in [-0.39, 0.29) is 18.9 Å². The molecule has 0 bridgehead atoms. The highest BCUT2D eigenvalue weighted by Gasteiger charge is 2.32. The zero-order valence-corrected chi connectivity index (χ0v) is 12.0. The SMILES string of the molecule is O=CCN(Cc1cnc(Cl)s1)c1cccc(C(F)(F)F)n1. The van der Waals surface area contributed by atoms with Crippen LogP contribution in [-0.2, 0) is 17.5 Å². The molecule has 0 fully saturated rings. The molecule has 21 heavy (non-hydrogen) atoms. The molecule has 0 aliphatic rings. The third-order valence-corrected chi connectivity index (χ3v) is 3.62. The Kier molecular flexibility index (Phi) is 4.79. The van der Waals surface area contributed by atoms with Gasteiger partial charge in [0.1, 0.15) is 17.8 Å². The van der Waals surface area contributed by atoms with Crippen LogP contribution in [-0.4, -0.2) is 22.8 Å². The highest BCUT2D eigenvalue weighted by molar-refractivity contribution is 7.15. The maximum atomic E-state index is 12.7. The van der Waals surface area contributed by atoms with Crippen molar-refractivity contribution in [1.82, 2.24) is 9.97 Å². The fourth-order valence-electron chi connectivity index (χ4n) is 1.63. The molecule has 0 aliphatic heterocycles. The maximum Gasteiger partial charge on any atom is 0.433 e. The first-order chi connectivity index (χ1) is 9.90. The lowest BCUT2D eigenvalue weighted by Gasteiger charge is -2.21. The molecule has 0 radical (unpaired) electrons. The maximum absolute atomic E-state index is 12.7. The van der Waals surface area contributed by atoms with Crippen molar-refractivity contribution >= 4 is 35.0 Å². The molecule has 0 aliphatic carbocycles. The minimum absolute atomic E-state index is 0.0708. The van der Waals surface area contributed by atoms with Crippen LogP contribution in [0.5, 0.6) is 0 Å². The summed E-state index contributed by atoms with van der Waals surface area (Å²) in [4.78, 5) is 20.3. The summed E-state index contributed by atoms with van der Waals surface area (Å²) in [5.74, 6) is 0.0708. The van der Waals surface area contributed by atoms with Crippen LogP contribution in [0.3, 0.4) is 0 Å². The zero-order chi connectivity index (χ0) is 15.5. The first-order valence-electron chi connectivity index (χ1n) is 5.73. The second-order valence-electron chi connectivity index (χ2n) is 4.01. The number of aromatic nitrogens is 2. The molecule has 0 amide bonds. The van der Waals surface area contributed by atoms with Gasteiger partial charge in [0.2, 0.25) is 0 Å². The Hall–Kier alpha value is -1.67. The van der Waals surface area contributed by atoms with E-state index in [4.69, 9.17) is 11.6 Å². The Balaban J connectivity index is 2.27. The predicted molar refractivity (Wildman–Crippen MR) is 73.5 cm³/mol. The van der Waals surface area contributed by atoms with E-state index in [0.717, 1.165) is 10.9 Å². The number of carbonyl (C=O) groups excluding carboxylic acids is 1. The fourth-order valence-corrected chi connectivity index (χ4v) is 2.62. The van der Waals surface area contributed by atoms with Crippen LogP contribution >= 0.6 is 22.9 Å². The molecule has 0 saturated heterocycles. The van der Waals surface area contributed by atoms with E-state index in [1.54, 1.807) is 0 Å². The van der Waals surface area contributed by atoms with Crippen LogP contribution in [0, 0.1) is 0 Å². The largest absolute Gasteiger partial charge is 0.433 e. The summed E-state index contributed by atoms with van der Waals surface area (Å²) in [6.07, 6.45) is -2.42. The highest BCUT2D eigenvalue weighted by Crippen LogP contribution is 2.29. The summed E-state index contributed by atoms with van der Waals surface area (Å²) in [7, 11) is 0. The van der Waals surface area contributed by atoms with Crippen LogP contribution in [0.1, 0.15) is 10.6 Å². The normalized spacial score (nSPS) is 11.4. The summed E-state index contributed by atoms with van der Waals surface area (Å²) in [6, 6.07) is 3.55. The van der Waals surface area contributed by atoms with E-state index in [1.807, 2.05) is 0 Å². The van der Waals surface area contributed by atoms with Crippen LogP contribution in [0.15, 0.2) is 24.4 Å². The Labute approximate surface area is 127 Å². The third-order valence-electron chi connectivity index (χ3n) is 2.52. The van der Waals surface area contributed by atoms with Crippen LogP contribution < -0.4 is 4.90 Å². The molecule has 2 aromatic rings. The first kappa shape index (κ1) is 15.7. The van der Waals surface area contributed by atoms with Crippen molar-refractivity contribution in [3.8, 4) is 0 Å². The highest BCUT2D eigenvalue weighted by atomic mass is 35.5. The van der Waals surface area contributed by atoms with Crippen LogP contribution in [0.25, 0.3) is 0 Å². The van der Waals surface area contributed by atoms with Crippen molar-refractivity contribution in [3.05, 3.63) is 39.4 Å². The van der Waals surface area contributed by atoms with Crippen molar-refractivity contribution in [2.75, 3.05) is 11.4 Å². The standard InChI is InChI=1S/C12H9ClF3N3OS/c13-11-17-6-8(21-11)7-19(4-5-20)10-3-1-2-9(18-10)12(14,15)16/h1-3,5-6H,4,7H2. The minimum Gasteiger partial charge on any atom is -0.344 e. The van der Waals surface area contributed by atoms with Crippen LogP contribution in [0.4, 0.5) is 19.0 Å². The quantitative estimate of drug-likeness (QED) is 0.785. The van der Waals surface area contributed by atoms with Gasteiger partial charge in [-0.3, -0.25) is 0 Å². The van der Waals surface area contributed by atoms with E-state index in [9.17, 15) is 18.0 Å². The number of halogens is 4. The molecule has 0 unspecified atom stereocenters. The first-order valence-corrected chi connectivity index (χ1v) is 6.92. The van der Waals surface area contributed by atoms with Crippen LogP contribution in [0.2, 0.25) is 4.47 Å². The van der Waals surface area contributed by atoms with Gasteiger partial charge >= 0.3 is 6.18 Å². The number of thiazole rings is 1. The van der Waals surface area contributed by atoms with Gasteiger partial charge in [0.05, 0.1) is 13.1 Å². The van der Waals surface area contributed by atoms with Gasteiger partial charge in [0, 0.05) is 11.1 Å². The fraction of sp³-hybridized carbons (Fsp3) is 0.250. The lowest BCUT2D eigenvalue weighted by Crippen LogP contribution is -2.26. The minimum atomic E-state index is -4.53. The molecule has 4 nitrogen and oxygen atoms in total. The molecule has 0 saturated carbocycles. The molecule has 112 valence electrons. The number of hydrogen-bond donors (Lipinski definition) is 0. The van der Waals surface area contributed by atoms with Gasteiger partial charge in [-0.15, -0.1) is 11.3 Å². The van der Waals surface area contributed by atoms with Crippen molar-refractivity contribution in [2.24, 2.45) is 0 Å². The lowest BCUT2D eigenvalue weighted by atomic mass is 10.3.